The molecule has 1 saturated heterocycles. The lowest BCUT2D eigenvalue weighted by molar-refractivity contribution is -0.125. The van der Waals surface area contributed by atoms with E-state index < -0.39 is 0 Å². The first-order chi connectivity index (χ1) is 9.65. The van der Waals surface area contributed by atoms with Crippen molar-refractivity contribution in [2.45, 2.75) is 52.2 Å². The molecule has 2 unspecified atom stereocenters. The minimum Gasteiger partial charge on any atom is -0.379 e. The number of hydrogen-bond donors (Lipinski definition) is 2. The van der Waals surface area contributed by atoms with Gasteiger partial charge in [0.15, 0.2) is 0 Å². The van der Waals surface area contributed by atoms with E-state index in [9.17, 15) is 4.79 Å². The second kappa shape index (κ2) is 10.1. The SMILES string of the molecule is CCCNC1COCC1C(=O)NCCCCOC(C)C. The van der Waals surface area contributed by atoms with Crippen LogP contribution in [0.5, 0.6) is 0 Å². The highest BCUT2D eigenvalue weighted by Crippen LogP contribution is 2.13. The van der Waals surface area contributed by atoms with E-state index in [1.807, 2.05) is 13.8 Å². The molecule has 20 heavy (non-hydrogen) atoms. The maximum atomic E-state index is 12.1. The van der Waals surface area contributed by atoms with Gasteiger partial charge in [0.2, 0.25) is 5.91 Å². The van der Waals surface area contributed by atoms with Gasteiger partial charge < -0.3 is 20.1 Å². The molecule has 2 atom stereocenters. The molecule has 0 aromatic heterocycles. The van der Waals surface area contributed by atoms with Crippen LogP contribution in [0.1, 0.15) is 40.0 Å². The quantitative estimate of drug-likeness (QED) is 0.595. The van der Waals surface area contributed by atoms with Crippen LogP contribution in [0.4, 0.5) is 0 Å². The van der Waals surface area contributed by atoms with Crippen molar-refractivity contribution in [3.8, 4) is 0 Å². The summed E-state index contributed by atoms with van der Waals surface area (Å²) in [7, 11) is 0. The predicted octanol–water partition coefficient (Wildman–Crippen LogP) is 1.32. The number of rotatable bonds is 10. The van der Waals surface area contributed by atoms with Gasteiger partial charge in [-0.15, -0.1) is 0 Å². The second-order valence-electron chi connectivity index (χ2n) is 5.62. The van der Waals surface area contributed by atoms with Gasteiger partial charge >= 0.3 is 0 Å². The Morgan fingerprint density at radius 2 is 2.10 bits per heavy atom. The van der Waals surface area contributed by atoms with Crippen LogP contribution in [0.2, 0.25) is 0 Å². The van der Waals surface area contributed by atoms with Gasteiger partial charge in [0.25, 0.3) is 0 Å². The molecule has 1 rings (SSSR count). The predicted molar refractivity (Wildman–Crippen MR) is 79.7 cm³/mol. The minimum absolute atomic E-state index is 0.0477. The van der Waals surface area contributed by atoms with E-state index in [0.717, 1.165) is 39.0 Å². The lowest BCUT2D eigenvalue weighted by Gasteiger charge is -2.18. The molecule has 2 N–H and O–H groups in total. The van der Waals surface area contributed by atoms with Crippen molar-refractivity contribution in [3.63, 3.8) is 0 Å². The van der Waals surface area contributed by atoms with E-state index in [2.05, 4.69) is 17.6 Å². The molecule has 0 spiro atoms. The van der Waals surface area contributed by atoms with Crippen LogP contribution < -0.4 is 10.6 Å². The standard InChI is InChI=1S/C15H30N2O3/c1-4-7-16-14-11-19-10-13(14)15(18)17-8-5-6-9-20-12(2)3/h12-14,16H,4-11H2,1-3H3,(H,17,18). The number of amides is 1. The maximum Gasteiger partial charge on any atom is 0.227 e. The molecule has 0 radical (unpaired) electrons. The molecule has 1 fully saturated rings. The van der Waals surface area contributed by atoms with E-state index in [1.54, 1.807) is 0 Å². The number of ether oxygens (including phenoxy) is 2. The molecular formula is C15H30N2O3. The summed E-state index contributed by atoms with van der Waals surface area (Å²) in [5, 5.41) is 6.38. The van der Waals surface area contributed by atoms with Gasteiger partial charge in [-0.2, -0.15) is 0 Å². The highest BCUT2D eigenvalue weighted by molar-refractivity contribution is 5.79. The van der Waals surface area contributed by atoms with Crippen LogP contribution in [0, 0.1) is 5.92 Å². The van der Waals surface area contributed by atoms with Gasteiger partial charge in [-0.25, -0.2) is 0 Å². The zero-order chi connectivity index (χ0) is 14.8. The monoisotopic (exact) mass is 286 g/mol. The van der Waals surface area contributed by atoms with E-state index in [4.69, 9.17) is 9.47 Å². The van der Waals surface area contributed by atoms with Gasteiger partial charge in [0, 0.05) is 19.2 Å². The highest BCUT2D eigenvalue weighted by Gasteiger charge is 2.33. The Labute approximate surface area is 122 Å². The van der Waals surface area contributed by atoms with Crippen LogP contribution in [0.3, 0.4) is 0 Å². The maximum absolute atomic E-state index is 12.1. The summed E-state index contributed by atoms with van der Waals surface area (Å²) in [5.41, 5.74) is 0. The molecule has 1 aliphatic rings. The Kier molecular flexibility index (Phi) is 8.82. The normalized spacial score (nSPS) is 22.4. The number of carbonyl (C=O) groups excluding carboxylic acids is 1. The van der Waals surface area contributed by atoms with Crippen LogP contribution in [0.25, 0.3) is 0 Å². The fraction of sp³-hybridized carbons (Fsp3) is 0.933. The number of carbonyl (C=O) groups is 1. The average Bonchev–Trinajstić information content (AvgIpc) is 2.88. The minimum atomic E-state index is -0.0477. The first kappa shape index (κ1) is 17.4. The molecular weight excluding hydrogens is 256 g/mol. The fourth-order valence-electron chi connectivity index (χ4n) is 2.23. The molecule has 5 nitrogen and oxygen atoms in total. The smallest absolute Gasteiger partial charge is 0.227 e. The van der Waals surface area contributed by atoms with E-state index in [0.29, 0.717) is 13.2 Å². The van der Waals surface area contributed by atoms with Crippen molar-refractivity contribution in [3.05, 3.63) is 0 Å². The fourth-order valence-corrected chi connectivity index (χ4v) is 2.23. The Bertz CT molecular complexity index is 272. The third-order valence-electron chi connectivity index (χ3n) is 3.40. The Morgan fingerprint density at radius 3 is 2.80 bits per heavy atom. The third-order valence-corrected chi connectivity index (χ3v) is 3.40. The summed E-state index contributed by atoms with van der Waals surface area (Å²) in [5.74, 6) is 0.0642. The summed E-state index contributed by atoms with van der Waals surface area (Å²) in [6.07, 6.45) is 3.29. The van der Waals surface area contributed by atoms with Gasteiger partial charge in [-0.1, -0.05) is 6.92 Å². The van der Waals surface area contributed by atoms with Crippen molar-refractivity contribution in [2.24, 2.45) is 5.92 Å². The van der Waals surface area contributed by atoms with Crippen molar-refractivity contribution < 1.29 is 14.3 Å². The summed E-state index contributed by atoms with van der Waals surface area (Å²) in [4.78, 5) is 12.1. The average molecular weight is 286 g/mol. The van der Waals surface area contributed by atoms with Gasteiger partial charge in [-0.05, 0) is 39.7 Å². The summed E-state index contributed by atoms with van der Waals surface area (Å²) in [6.45, 7) is 9.78. The van der Waals surface area contributed by atoms with Crippen molar-refractivity contribution in [1.82, 2.24) is 10.6 Å². The zero-order valence-corrected chi connectivity index (χ0v) is 13.1. The highest BCUT2D eigenvalue weighted by atomic mass is 16.5. The number of hydrogen-bond acceptors (Lipinski definition) is 4. The van der Waals surface area contributed by atoms with Gasteiger partial charge in [0.1, 0.15) is 0 Å². The van der Waals surface area contributed by atoms with Crippen LogP contribution >= 0.6 is 0 Å². The first-order valence-electron chi connectivity index (χ1n) is 7.85. The van der Waals surface area contributed by atoms with Crippen molar-refractivity contribution in [2.75, 3.05) is 32.9 Å². The summed E-state index contributed by atoms with van der Waals surface area (Å²) < 4.78 is 10.9. The molecule has 0 aromatic carbocycles. The van der Waals surface area contributed by atoms with Crippen molar-refractivity contribution >= 4 is 5.91 Å². The van der Waals surface area contributed by atoms with E-state index >= 15 is 0 Å². The van der Waals surface area contributed by atoms with E-state index in [-0.39, 0.29) is 24.0 Å². The largest absolute Gasteiger partial charge is 0.379 e. The van der Waals surface area contributed by atoms with Gasteiger partial charge in [0.05, 0.1) is 25.2 Å². The Morgan fingerprint density at radius 1 is 1.30 bits per heavy atom. The molecule has 118 valence electrons. The van der Waals surface area contributed by atoms with Crippen LogP contribution in [0.15, 0.2) is 0 Å². The second-order valence-corrected chi connectivity index (χ2v) is 5.62. The zero-order valence-electron chi connectivity index (χ0n) is 13.1. The lowest BCUT2D eigenvalue weighted by atomic mass is 10.0. The van der Waals surface area contributed by atoms with Gasteiger partial charge in [-0.3, -0.25) is 4.79 Å². The lowest BCUT2D eigenvalue weighted by Crippen LogP contribution is -2.44. The molecule has 1 amide bonds. The molecule has 5 heteroatoms. The molecule has 0 saturated carbocycles. The van der Waals surface area contributed by atoms with Crippen LogP contribution in [-0.2, 0) is 14.3 Å². The number of unbranched alkanes of at least 4 members (excludes halogenated alkanes) is 1. The van der Waals surface area contributed by atoms with Crippen molar-refractivity contribution in [1.29, 1.82) is 0 Å². The molecule has 0 bridgehead atoms. The Hall–Kier alpha value is -0.650. The molecule has 0 aromatic rings. The van der Waals surface area contributed by atoms with E-state index in [1.165, 1.54) is 0 Å². The Balaban J connectivity index is 2.12. The molecule has 1 aliphatic heterocycles. The third kappa shape index (κ3) is 6.68. The van der Waals surface area contributed by atoms with Crippen LogP contribution in [-0.4, -0.2) is 51.0 Å². The summed E-state index contributed by atoms with van der Waals surface area (Å²) in [6, 6.07) is 0.166. The molecule has 0 aliphatic carbocycles. The first-order valence-corrected chi connectivity index (χ1v) is 7.85. The topological polar surface area (TPSA) is 59.6 Å². The summed E-state index contributed by atoms with van der Waals surface area (Å²) >= 11 is 0. The number of nitrogens with one attached hydrogen (secondary N) is 2. The molecule has 1 heterocycles.